The van der Waals surface area contributed by atoms with Crippen LogP contribution < -0.4 is 15.0 Å². The van der Waals surface area contributed by atoms with Crippen molar-refractivity contribution in [3.8, 4) is 11.5 Å². The maximum absolute atomic E-state index is 13.4. The van der Waals surface area contributed by atoms with Gasteiger partial charge in [0.1, 0.15) is 11.6 Å². The van der Waals surface area contributed by atoms with E-state index in [1.54, 1.807) is 30.3 Å². The molecule has 0 bridgehead atoms. The van der Waals surface area contributed by atoms with E-state index in [0.717, 1.165) is 16.4 Å². The molecule has 10 heteroatoms. The number of pyridine rings is 1. The number of fused-ring (bicyclic) bond motifs is 1. The number of benzene rings is 2. The van der Waals surface area contributed by atoms with E-state index in [2.05, 4.69) is 4.98 Å². The number of nitrogens with zero attached hydrogens (tertiary/aromatic N) is 1. The molecular weight excluding hydrogens is 451 g/mol. The molecule has 0 atom stereocenters. The first-order chi connectivity index (χ1) is 15.8. The Balaban J connectivity index is 1.77. The Morgan fingerprint density at radius 1 is 1.00 bits per heavy atom. The number of aromatic amines is 1. The molecule has 2 heterocycles. The molecule has 0 spiro atoms. The summed E-state index contributed by atoms with van der Waals surface area (Å²) in [4.78, 5) is 15.5. The predicted octanol–water partition coefficient (Wildman–Crippen LogP) is 3.67. The summed E-state index contributed by atoms with van der Waals surface area (Å²) in [6.07, 6.45) is 1.43. The molecule has 4 rings (SSSR count). The van der Waals surface area contributed by atoms with E-state index in [-0.39, 0.29) is 23.5 Å². The van der Waals surface area contributed by atoms with E-state index >= 15 is 0 Å². The van der Waals surface area contributed by atoms with E-state index < -0.39 is 21.4 Å². The summed E-state index contributed by atoms with van der Waals surface area (Å²) in [5.41, 5.74) is 0.279. The number of furan rings is 1. The van der Waals surface area contributed by atoms with Gasteiger partial charge in [-0.15, -0.1) is 0 Å². The summed E-state index contributed by atoms with van der Waals surface area (Å²) in [5.74, 6) is 0.757. The summed E-state index contributed by atoms with van der Waals surface area (Å²) in [7, 11) is -1.09. The van der Waals surface area contributed by atoms with Crippen LogP contribution in [0.1, 0.15) is 11.3 Å². The molecule has 2 aromatic carbocycles. The van der Waals surface area contributed by atoms with Crippen LogP contribution in [0, 0.1) is 5.82 Å². The Morgan fingerprint density at radius 3 is 2.33 bits per heavy atom. The molecular formula is C23H21FN2O6S. The molecule has 0 aliphatic carbocycles. The SMILES string of the molecule is COc1cc2cc(CN(Cc3ccco3)S(=O)(=O)c3ccc(F)cc3)c(=O)[nH]c2cc1OC. The standard InChI is InChI=1S/C23H21FN2O6S/c1-30-21-11-15-10-16(23(27)25-20(15)12-22(21)31-2)13-26(14-18-4-3-9-32-18)33(28,29)19-7-5-17(24)6-8-19/h3-12H,13-14H2,1-2H3,(H,25,27). The molecule has 0 amide bonds. The predicted molar refractivity (Wildman–Crippen MR) is 119 cm³/mol. The van der Waals surface area contributed by atoms with Crippen molar-refractivity contribution in [2.24, 2.45) is 0 Å². The lowest BCUT2D eigenvalue weighted by atomic mass is 10.1. The second-order valence-electron chi connectivity index (χ2n) is 7.22. The van der Waals surface area contributed by atoms with Crippen molar-refractivity contribution in [1.29, 1.82) is 0 Å². The minimum Gasteiger partial charge on any atom is -0.493 e. The first-order valence-electron chi connectivity index (χ1n) is 9.88. The Kier molecular flexibility index (Phi) is 6.21. The number of methoxy groups -OCH3 is 2. The number of sulfonamides is 1. The Morgan fingerprint density at radius 2 is 1.70 bits per heavy atom. The Bertz CT molecular complexity index is 1430. The van der Waals surface area contributed by atoms with Crippen LogP contribution in [0.2, 0.25) is 0 Å². The minimum absolute atomic E-state index is 0.0981. The van der Waals surface area contributed by atoms with Crippen molar-refractivity contribution in [3.63, 3.8) is 0 Å². The van der Waals surface area contributed by atoms with Crippen molar-refractivity contribution < 1.29 is 26.7 Å². The third-order valence-electron chi connectivity index (χ3n) is 5.14. The van der Waals surface area contributed by atoms with E-state index in [1.807, 2.05) is 0 Å². The zero-order valence-corrected chi connectivity index (χ0v) is 18.7. The highest BCUT2D eigenvalue weighted by Gasteiger charge is 2.27. The lowest BCUT2D eigenvalue weighted by molar-refractivity contribution is 0.355. The lowest BCUT2D eigenvalue weighted by Crippen LogP contribution is -2.32. The number of H-pyrrole nitrogens is 1. The molecule has 0 fully saturated rings. The van der Waals surface area contributed by atoms with Gasteiger partial charge in [-0.3, -0.25) is 4.79 Å². The summed E-state index contributed by atoms with van der Waals surface area (Å²) >= 11 is 0. The van der Waals surface area contributed by atoms with Gasteiger partial charge in [-0.1, -0.05) is 0 Å². The third-order valence-corrected chi connectivity index (χ3v) is 6.94. The van der Waals surface area contributed by atoms with Gasteiger partial charge in [-0.25, -0.2) is 12.8 Å². The Labute approximate surface area is 189 Å². The topological polar surface area (TPSA) is 102 Å². The molecule has 0 saturated heterocycles. The van der Waals surface area contributed by atoms with Gasteiger partial charge in [0.25, 0.3) is 5.56 Å². The van der Waals surface area contributed by atoms with Crippen LogP contribution in [0.5, 0.6) is 11.5 Å². The van der Waals surface area contributed by atoms with E-state index in [9.17, 15) is 17.6 Å². The number of rotatable bonds is 8. The van der Waals surface area contributed by atoms with Gasteiger partial charge >= 0.3 is 0 Å². The van der Waals surface area contributed by atoms with Crippen molar-refractivity contribution in [2.45, 2.75) is 18.0 Å². The van der Waals surface area contributed by atoms with Crippen LogP contribution in [0.25, 0.3) is 10.9 Å². The quantitative estimate of drug-likeness (QED) is 0.420. The molecule has 33 heavy (non-hydrogen) atoms. The van der Waals surface area contributed by atoms with Crippen LogP contribution >= 0.6 is 0 Å². The molecule has 172 valence electrons. The van der Waals surface area contributed by atoms with Gasteiger partial charge in [0.2, 0.25) is 10.0 Å². The second kappa shape index (κ2) is 9.08. The molecule has 0 unspecified atom stereocenters. The van der Waals surface area contributed by atoms with Crippen LogP contribution in [0.3, 0.4) is 0 Å². The number of hydrogen-bond donors (Lipinski definition) is 1. The highest BCUT2D eigenvalue weighted by molar-refractivity contribution is 7.89. The van der Waals surface area contributed by atoms with E-state index in [4.69, 9.17) is 13.9 Å². The zero-order valence-electron chi connectivity index (χ0n) is 17.9. The molecule has 0 radical (unpaired) electrons. The lowest BCUT2D eigenvalue weighted by Gasteiger charge is -2.21. The maximum atomic E-state index is 13.4. The van der Waals surface area contributed by atoms with Gasteiger partial charge in [0.05, 0.1) is 37.4 Å². The maximum Gasteiger partial charge on any atom is 0.252 e. The van der Waals surface area contributed by atoms with Gasteiger partial charge in [-0.05, 0) is 48.5 Å². The van der Waals surface area contributed by atoms with E-state index in [0.29, 0.717) is 28.2 Å². The Hall–Kier alpha value is -3.63. The zero-order chi connectivity index (χ0) is 23.6. The monoisotopic (exact) mass is 472 g/mol. The average molecular weight is 472 g/mol. The smallest absolute Gasteiger partial charge is 0.252 e. The third kappa shape index (κ3) is 4.62. The minimum atomic E-state index is -4.08. The fourth-order valence-electron chi connectivity index (χ4n) is 3.44. The van der Waals surface area contributed by atoms with Crippen LogP contribution in [-0.4, -0.2) is 31.9 Å². The van der Waals surface area contributed by atoms with Crippen molar-refractivity contribution >= 4 is 20.9 Å². The molecule has 0 saturated carbocycles. The summed E-state index contributed by atoms with van der Waals surface area (Å²) in [5, 5.41) is 0.638. The first kappa shape index (κ1) is 22.6. The molecule has 0 aliphatic heterocycles. The number of aromatic nitrogens is 1. The van der Waals surface area contributed by atoms with Gasteiger partial charge in [0.15, 0.2) is 11.5 Å². The van der Waals surface area contributed by atoms with Crippen LogP contribution in [0.15, 0.2) is 75.0 Å². The molecule has 1 N–H and O–H groups in total. The fraction of sp³-hybridized carbons (Fsp3) is 0.174. The number of halogens is 1. The summed E-state index contributed by atoms with van der Waals surface area (Å²) < 4.78 is 57.1. The van der Waals surface area contributed by atoms with Crippen LogP contribution in [-0.2, 0) is 23.1 Å². The van der Waals surface area contributed by atoms with Crippen molar-refractivity contribution in [2.75, 3.05) is 14.2 Å². The normalized spacial score (nSPS) is 11.8. The fourth-order valence-corrected chi connectivity index (χ4v) is 4.83. The highest BCUT2D eigenvalue weighted by atomic mass is 32.2. The second-order valence-corrected chi connectivity index (χ2v) is 9.16. The summed E-state index contributed by atoms with van der Waals surface area (Å²) in [6.45, 7) is -0.351. The number of ether oxygens (including phenoxy) is 2. The average Bonchev–Trinajstić information content (AvgIpc) is 3.31. The molecule has 4 aromatic rings. The number of nitrogens with one attached hydrogen (secondary N) is 1. The van der Waals surface area contributed by atoms with Gasteiger partial charge in [0, 0.05) is 23.6 Å². The number of hydrogen-bond acceptors (Lipinski definition) is 6. The van der Waals surface area contributed by atoms with Gasteiger partial charge in [-0.2, -0.15) is 4.31 Å². The van der Waals surface area contributed by atoms with Gasteiger partial charge < -0.3 is 18.9 Å². The first-order valence-corrected chi connectivity index (χ1v) is 11.3. The van der Waals surface area contributed by atoms with Crippen molar-refractivity contribution in [1.82, 2.24) is 9.29 Å². The van der Waals surface area contributed by atoms with Crippen molar-refractivity contribution in [3.05, 3.63) is 88.4 Å². The molecule has 2 aromatic heterocycles. The highest BCUT2D eigenvalue weighted by Crippen LogP contribution is 2.31. The molecule has 0 aliphatic rings. The summed E-state index contributed by atoms with van der Waals surface area (Å²) in [6, 6.07) is 12.7. The van der Waals surface area contributed by atoms with Crippen LogP contribution in [0.4, 0.5) is 4.39 Å². The van der Waals surface area contributed by atoms with E-state index in [1.165, 1.54) is 32.6 Å². The largest absolute Gasteiger partial charge is 0.493 e. The molecule has 8 nitrogen and oxygen atoms in total.